The van der Waals surface area contributed by atoms with E-state index in [4.69, 9.17) is 0 Å². The van der Waals surface area contributed by atoms with Crippen LogP contribution < -0.4 is 15.1 Å². The van der Waals surface area contributed by atoms with Crippen LogP contribution in [0.3, 0.4) is 0 Å². The highest BCUT2D eigenvalue weighted by molar-refractivity contribution is 5.80. The lowest BCUT2D eigenvalue weighted by atomic mass is 10.1. The molecule has 1 amide bonds. The lowest BCUT2D eigenvalue weighted by Gasteiger charge is -2.32. The van der Waals surface area contributed by atoms with Gasteiger partial charge in [-0.25, -0.2) is 0 Å². The van der Waals surface area contributed by atoms with E-state index in [0.29, 0.717) is 6.04 Å². The number of amides is 1. The van der Waals surface area contributed by atoms with Crippen molar-refractivity contribution >= 4 is 12.0 Å². The number of rotatable bonds is 6. The van der Waals surface area contributed by atoms with Crippen LogP contribution in [-0.2, 0) is 4.79 Å². The second-order valence-corrected chi connectivity index (χ2v) is 7.64. The first-order valence-corrected chi connectivity index (χ1v) is 9.92. The zero-order chi connectivity index (χ0) is 17.5. The van der Waals surface area contributed by atoms with Crippen LogP contribution in [-0.4, -0.2) is 50.7 Å². The minimum atomic E-state index is 0.0852. The first kappa shape index (κ1) is 18.2. The summed E-state index contributed by atoms with van der Waals surface area (Å²) in [5, 5.41) is 3.26. The highest BCUT2D eigenvalue weighted by Crippen LogP contribution is 2.17. The second-order valence-electron chi connectivity index (χ2n) is 7.64. The highest BCUT2D eigenvalue weighted by atomic mass is 16.2. The molecule has 1 aliphatic carbocycles. The highest BCUT2D eigenvalue weighted by Gasteiger charge is 2.31. The number of hydrogen-bond acceptors (Lipinski definition) is 1. The van der Waals surface area contributed by atoms with Crippen LogP contribution in [0.2, 0.25) is 0 Å². The summed E-state index contributed by atoms with van der Waals surface area (Å²) >= 11 is 0. The Labute approximate surface area is 151 Å². The van der Waals surface area contributed by atoms with Crippen LogP contribution in [0.5, 0.6) is 0 Å². The largest absolute Gasteiger partial charge is 0.348 e. The molecule has 0 bridgehead atoms. The third-order valence-corrected chi connectivity index (χ3v) is 5.82. The Morgan fingerprint density at radius 2 is 1.84 bits per heavy atom. The topological polar surface area (TPSA) is 38.0 Å². The first-order valence-electron chi connectivity index (χ1n) is 9.92. The van der Waals surface area contributed by atoms with Gasteiger partial charge in [0.25, 0.3) is 5.91 Å². The van der Waals surface area contributed by atoms with Gasteiger partial charge in [-0.1, -0.05) is 49.2 Å². The number of hydrogen-bond donors (Lipinski definition) is 3. The van der Waals surface area contributed by atoms with E-state index in [1.165, 1.54) is 36.1 Å². The number of nitrogens with one attached hydrogen (secondary N) is 3. The molecule has 0 spiro atoms. The molecule has 1 heterocycles. The molecule has 2 fully saturated rings. The number of benzene rings is 1. The van der Waals surface area contributed by atoms with Crippen LogP contribution in [0.15, 0.2) is 36.4 Å². The summed E-state index contributed by atoms with van der Waals surface area (Å²) in [6, 6.07) is 11.0. The predicted octanol–water partition coefficient (Wildman–Crippen LogP) is -0.0695. The molecule has 1 aromatic rings. The van der Waals surface area contributed by atoms with E-state index in [1.807, 2.05) is 0 Å². The third-order valence-electron chi connectivity index (χ3n) is 5.82. The maximum atomic E-state index is 12.5. The summed E-state index contributed by atoms with van der Waals surface area (Å²) in [7, 11) is 0. The maximum Gasteiger partial charge on any atom is 0.278 e. The molecule has 4 nitrogen and oxygen atoms in total. The van der Waals surface area contributed by atoms with Gasteiger partial charge in [0.15, 0.2) is 6.04 Å². The lowest BCUT2D eigenvalue weighted by molar-refractivity contribution is -1.02. The normalized spacial score (nSPS) is 26.0. The minimum Gasteiger partial charge on any atom is -0.348 e. The Morgan fingerprint density at radius 1 is 1.16 bits per heavy atom. The molecule has 1 saturated heterocycles. The molecular weight excluding hydrogens is 310 g/mol. The zero-order valence-corrected chi connectivity index (χ0v) is 15.5. The number of carbonyl (C=O) groups excluding carboxylic acids is 1. The Balaban J connectivity index is 1.39. The summed E-state index contributed by atoms with van der Waals surface area (Å²) < 4.78 is 0. The van der Waals surface area contributed by atoms with Gasteiger partial charge in [-0.3, -0.25) is 4.79 Å². The van der Waals surface area contributed by atoms with Crippen LogP contribution >= 0.6 is 0 Å². The zero-order valence-electron chi connectivity index (χ0n) is 15.5. The Kier molecular flexibility index (Phi) is 6.65. The molecule has 1 aromatic carbocycles. The van der Waals surface area contributed by atoms with E-state index >= 15 is 0 Å². The van der Waals surface area contributed by atoms with Gasteiger partial charge >= 0.3 is 0 Å². The van der Waals surface area contributed by atoms with Crippen molar-refractivity contribution in [1.82, 2.24) is 5.32 Å². The van der Waals surface area contributed by atoms with Gasteiger partial charge in [0.05, 0.1) is 6.54 Å². The molecule has 1 atom stereocenters. The lowest BCUT2D eigenvalue weighted by Crippen LogP contribution is -3.30. The van der Waals surface area contributed by atoms with Crippen molar-refractivity contribution in [3.05, 3.63) is 42.0 Å². The van der Waals surface area contributed by atoms with E-state index in [-0.39, 0.29) is 11.9 Å². The van der Waals surface area contributed by atoms with Crippen molar-refractivity contribution in [2.45, 2.75) is 44.7 Å². The van der Waals surface area contributed by atoms with Crippen molar-refractivity contribution in [2.24, 2.45) is 0 Å². The van der Waals surface area contributed by atoms with Crippen LogP contribution in [0, 0.1) is 0 Å². The van der Waals surface area contributed by atoms with Crippen molar-refractivity contribution in [3.8, 4) is 0 Å². The molecule has 3 N–H and O–H groups in total. The van der Waals surface area contributed by atoms with Crippen LogP contribution in [0.4, 0.5) is 0 Å². The minimum absolute atomic E-state index is 0.0852. The molecule has 4 heteroatoms. The number of quaternary nitrogens is 2. The molecule has 0 radical (unpaired) electrons. The average molecular weight is 344 g/mol. The van der Waals surface area contributed by atoms with Crippen molar-refractivity contribution in [3.63, 3.8) is 0 Å². The Morgan fingerprint density at radius 3 is 2.52 bits per heavy atom. The van der Waals surface area contributed by atoms with E-state index in [9.17, 15) is 4.79 Å². The fourth-order valence-corrected chi connectivity index (χ4v) is 4.07. The second kappa shape index (κ2) is 9.16. The van der Waals surface area contributed by atoms with E-state index in [2.05, 4.69) is 54.7 Å². The van der Waals surface area contributed by atoms with Gasteiger partial charge in [0, 0.05) is 6.04 Å². The van der Waals surface area contributed by atoms with Gasteiger partial charge in [-0.05, 0) is 31.4 Å². The molecule has 1 aliphatic heterocycles. The molecule has 136 valence electrons. The predicted molar refractivity (Wildman–Crippen MR) is 102 cm³/mol. The van der Waals surface area contributed by atoms with Gasteiger partial charge in [-0.2, -0.15) is 0 Å². The maximum absolute atomic E-state index is 12.5. The summed E-state index contributed by atoms with van der Waals surface area (Å²) in [6.07, 6.45) is 9.37. The van der Waals surface area contributed by atoms with E-state index in [0.717, 1.165) is 32.7 Å². The molecule has 2 aliphatic rings. The van der Waals surface area contributed by atoms with E-state index < -0.39 is 0 Å². The van der Waals surface area contributed by atoms with Gasteiger partial charge in [0.2, 0.25) is 0 Å². The standard InChI is InChI=1S/C21H31N3O/c1-18(21(25)22-20-11-5-6-12-20)24-16-14-23(15-17-24)13-7-10-19-8-3-2-4-9-19/h2-4,7-10,18,20H,5-6,11-17H2,1H3,(H,22,25)/p+2/b10-7+/t18-/m0/s1. The van der Waals surface area contributed by atoms with E-state index in [1.54, 1.807) is 4.90 Å². The fourth-order valence-electron chi connectivity index (χ4n) is 4.07. The molecule has 3 rings (SSSR count). The van der Waals surface area contributed by atoms with Crippen molar-refractivity contribution < 1.29 is 14.6 Å². The number of piperazine rings is 1. The third kappa shape index (κ3) is 5.41. The van der Waals surface area contributed by atoms with Gasteiger partial charge in [-0.15, -0.1) is 0 Å². The van der Waals surface area contributed by atoms with Crippen LogP contribution in [0.25, 0.3) is 6.08 Å². The summed E-state index contributed by atoms with van der Waals surface area (Å²) in [5.74, 6) is 0.259. The Hall–Kier alpha value is -1.65. The summed E-state index contributed by atoms with van der Waals surface area (Å²) in [5.41, 5.74) is 1.27. The molecular formula is C21H33N3O+2. The average Bonchev–Trinajstić information content (AvgIpc) is 3.15. The first-order chi connectivity index (χ1) is 12.2. The molecule has 1 saturated carbocycles. The number of carbonyl (C=O) groups is 1. The monoisotopic (exact) mass is 343 g/mol. The molecule has 0 unspecified atom stereocenters. The molecule has 25 heavy (non-hydrogen) atoms. The van der Waals surface area contributed by atoms with Gasteiger partial charge in [0.1, 0.15) is 26.2 Å². The summed E-state index contributed by atoms with van der Waals surface area (Å²) in [6.45, 7) is 7.65. The summed E-state index contributed by atoms with van der Waals surface area (Å²) in [4.78, 5) is 15.5. The van der Waals surface area contributed by atoms with Gasteiger partial charge < -0.3 is 15.1 Å². The smallest absolute Gasteiger partial charge is 0.278 e. The van der Waals surface area contributed by atoms with Crippen molar-refractivity contribution in [1.29, 1.82) is 0 Å². The molecule has 0 aromatic heterocycles. The SMILES string of the molecule is C[C@@H](C(=O)NC1CCCC1)[NH+]1CC[NH+](C/C=C/c2ccccc2)CC1. The Bertz CT molecular complexity index is 558. The quantitative estimate of drug-likeness (QED) is 0.665. The van der Waals surface area contributed by atoms with Crippen molar-refractivity contribution in [2.75, 3.05) is 32.7 Å². The van der Waals surface area contributed by atoms with Crippen LogP contribution in [0.1, 0.15) is 38.2 Å². The fraction of sp³-hybridized carbons (Fsp3) is 0.571.